The lowest BCUT2D eigenvalue weighted by Crippen LogP contribution is -2.29. The molecule has 4 heteroatoms. The van der Waals surface area contributed by atoms with E-state index in [1.807, 2.05) is 13.0 Å². The molecule has 0 bridgehead atoms. The molecule has 2 N–H and O–H groups in total. The van der Waals surface area contributed by atoms with Crippen LogP contribution in [0.3, 0.4) is 0 Å². The van der Waals surface area contributed by atoms with Gasteiger partial charge in [-0.2, -0.15) is 0 Å². The molecule has 0 fully saturated rings. The lowest BCUT2D eigenvalue weighted by molar-refractivity contribution is 0.171. The molecule has 1 aromatic carbocycles. The van der Waals surface area contributed by atoms with E-state index in [-0.39, 0.29) is 5.75 Å². The number of aromatic hydroxyl groups is 1. The highest BCUT2D eigenvalue weighted by molar-refractivity contribution is 6.32. The summed E-state index contributed by atoms with van der Waals surface area (Å²) in [6.07, 6.45) is 0. The van der Waals surface area contributed by atoms with Crippen LogP contribution >= 0.6 is 11.6 Å². The van der Waals surface area contributed by atoms with E-state index in [0.29, 0.717) is 24.2 Å². The van der Waals surface area contributed by atoms with Gasteiger partial charge in [0, 0.05) is 19.7 Å². The van der Waals surface area contributed by atoms with Gasteiger partial charge in [0.15, 0.2) is 0 Å². The lowest BCUT2D eigenvalue weighted by Gasteiger charge is -2.12. The Labute approximate surface area is 95.0 Å². The van der Waals surface area contributed by atoms with Crippen molar-refractivity contribution in [2.75, 3.05) is 13.7 Å². The monoisotopic (exact) mass is 229 g/mol. The van der Waals surface area contributed by atoms with E-state index in [9.17, 15) is 5.11 Å². The fourth-order valence-electron chi connectivity index (χ4n) is 1.26. The maximum Gasteiger partial charge on any atom is 0.134 e. The van der Waals surface area contributed by atoms with Crippen molar-refractivity contribution < 1.29 is 9.84 Å². The lowest BCUT2D eigenvalue weighted by atomic mass is 10.2. The van der Waals surface area contributed by atoms with Gasteiger partial charge in [0.25, 0.3) is 0 Å². The first-order valence-electron chi connectivity index (χ1n) is 4.83. The fourth-order valence-corrected chi connectivity index (χ4v) is 1.46. The largest absolute Gasteiger partial charge is 0.506 e. The number of halogens is 1. The Morgan fingerprint density at radius 3 is 2.87 bits per heavy atom. The van der Waals surface area contributed by atoms with Crippen molar-refractivity contribution in [3.05, 3.63) is 28.8 Å². The average molecular weight is 230 g/mol. The molecular weight excluding hydrogens is 214 g/mol. The minimum absolute atomic E-state index is 0.116. The van der Waals surface area contributed by atoms with E-state index >= 15 is 0 Å². The van der Waals surface area contributed by atoms with E-state index in [4.69, 9.17) is 16.3 Å². The molecule has 0 aliphatic carbocycles. The molecule has 1 atom stereocenters. The Hall–Kier alpha value is -0.770. The molecule has 1 unspecified atom stereocenters. The minimum atomic E-state index is 0.116. The topological polar surface area (TPSA) is 41.5 Å². The van der Waals surface area contributed by atoms with Gasteiger partial charge in [-0.25, -0.2) is 0 Å². The Bertz CT molecular complexity index is 317. The van der Waals surface area contributed by atoms with Gasteiger partial charge >= 0.3 is 0 Å². The molecule has 0 radical (unpaired) electrons. The van der Waals surface area contributed by atoms with E-state index < -0.39 is 0 Å². The number of methoxy groups -OCH3 is 1. The van der Waals surface area contributed by atoms with Gasteiger partial charge < -0.3 is 15.2 Å². The Morgan fingerprint density at radius 1 is 1.53 bits per heavy atom. The van der Waals surface area contributed by atoms with Crippen LogP contribution < -0.4 is 5.32 Å². The smallest absolute Gasteiger partial charge is 0.134 e. The Morgan fingerprint density at radius 2 is 2.27 bits per heavy atom. The zero-order valence-electron chi connectivity index (χ0n) is 8.96. The van der Waals surface area contributed by atoms with E-state index in [1.54, 1.807) is 19.2 Å². The maximum absolute atomic E-state index is 9.23. The molecule has 0 spiro atoms. The van der Waals surface area contributed by atoms with Crippen molar-refractivity contribution in [3.8, 4) is 5.75 Å². The van der Waals surface area contributed by atoms with Crippen LogP contribution in [0.25, 0.3) is 0 Å². The quantitative estimate of drug-likeness (QED) is 0.813. The number of hydrogen-bond donors (Lipinski definition) is 2. The van der Waals surface area contributed by atoms with Gasteiger partial charge in [0.2, 0.25) is 0 Å². The Balaban J connectivity index is 2.47. The molecule has 15 heavy (non-hydrogen) atoms. The van der Waals surface area contributed by atoms with Gasteiger partial charge in [-0.3, -0.25) is 0 Å². The third kappa shape index (κ3) is 4.08. The van der Waals surface area contributed by atoms with Crippen molar-refractivity contribution in [2.45, 2.75) is 19.5 Å². The molecule has 0 aromatic heterocycles. The second-order valence-electron chi connectivity index (χ2n) is 3.52. The van der Waals surface area contributed by atoms with Crippen molar-refractivity contribution in [1.82, 2.24) is 5.32 Å². The summed E-state index contributed by atoms with van der Waals surface area (Å²) in [5.41, 5.74) is 1.04. The molecule has 0 aliphatic rings. The first-order valence-corrected chi connectivity index (χ1v) is 5.21. The number of ether oxygens (including phenoxy) is 1. The van der Waals surface area contributed by atoms with Crippen LogP contribution in [0.4, 0.5) is 0 Å². The second kappa shape index (κ2) is 5.95. The zero-order valence-corrected chi connectivity index (χ0v) is 9.71. The van der Waals surface area contributed by atoms with Crippen LogP contribution in [0.2, 0.25) is 5.02 Å². The molecule has 1 rings (SSSR count). The predicted octanol–water partition coefficient (Wildman–Crippen LogP) is 2.17. The number of benzene rings is 1. The van der Waals surface area contributed by atoms with Gasteiger partial charge in [-0.15, -0.1) is 0 Å². The van der Waals surface area contributed by atoms with Gasteiger partial charge in [-0.1, -0.05) is 17.7 Å². The summed E-state index contributed by atoms with van der Waals surface area (Å²) in [5, 5.41) is 12.9. The first-order chi connectivity index (χ1) is 7.13. The number of nitrogens with one attached hydrogen (secondary N) is 1. The normalized spacial score (nSPS) is 12.7. The molecule has 0 amide bonds. The summed E-state index contributed by atoms with van der Waals surface area (Å²) in [5.74, 6) is 0.116. The SMILES string of the molecule is COCC(C)NCc1ccc(O)c(Cl)c1. The van der Waals surface area contributed by atoms with Gasteiger partial charge in [0.1, 0.15) is 5.75 Å². The highest BCUT2D eigenvalue weighted by Crippen LogP contribution is 2.23. The molecule has 0 heterocycles. The molecule has 0 aliphatic heterocycles. The Kier molecular flexibility index (Phi) is 4.88. The van der Waals surface area contributed by atoms with Gasteiger partial charge in [-0.05, 0) is 24.6 Å². The van der Waals surface area contributed by atoms with Gasteiger partial charge in [0.05, 0.1) is 11.6 Å². The third-order valence-corrected chi connectivity index (χ3v) is 2.39. The summed E-state index contributed by atoms with van der Waals surface area (Å²) in [7, 11) is 1.68. The first kappa shape index (κ1) is 12.3. The van der Waals surface area contributed by atoms with Crippen LogP contribution in [0.5, 0.6) is 5.75 Å². The van der Waals surface area contributed by atoms with Crippen LogP contribution in [0.1, 0.15) is 12.5 Å². The van der Waals surface area contributed by atoms with E-state index in [0.717, 1.165) is 5.56 Å². The van der Waals surface area contributed by atoms with Crippen molar-refractivity contribution in [2.24, 2.45) is 0 Å². The van der Waals surface area contributed by atoms with Crippen molar-refractivity contribution in [1.29, 1.82) is 0 Å². The second-order valence-corrected chi connectivity index (χ2v) is 3.93. The summed E-state index contributed by atoms with van der Waals surface area (Å²) in [4.78, 5) is 0. The molecular formula is C11H16ClNO2. The predicted molar refractivity (Wildman–Crippen MR) is 61.3 cm³/mol. The standard InChI is InChI=1S/C11H16ClNO2/c1-8(7-15-2)13-6-9-3-4-11(14)10(12)5-9/h3-5,8,13-14H,6-7H2,1-2H3. The van der Waals surface area contributed by atoms with Crippen LogP contribution in [-0.2, 0) is 11.3 Å². The fraction of sp³-hybridized carbons (Fsp3) is 0.455. The molecule has 84 valence electrons. The number of phenols is 1. The maximum atomic E-state index is 9.23. The summed E-state index contributed by atoms with van der Waals surface area (Å²) >= 11 is 5.79. The zero-order chi connectivity index (χ0) is 11.3. The minimum Gasteiger partial charge on any atom is -0.506 e. The summed E-state index contributed by atoms with van der Waals surface area (Å²) < 4.78 is 5.01. The summed E-state index contributed by atoms with van der Waals surface area (Å²) in [6.45, 7) is 3.43. The number of hydrogen-bond acceptors (Lipinski definition) is 3. The van der Waals surface area contributed by atoms with E-state index in [2.05, 4.69) is 5.32 Å². The van der Waals surface area contributed by atoms with Crippen LogP contribution in [-0.4, -0.2) is 24.9 Å². The third-order valence-electron chi connectivity index (χ3n) is 2.08. The van der Waals surface area contributed by atoms with Crippen molar-refractivity contribution in [3.63, 3.8) is 0 Å². The molecule has 1 aromatic rings. The molecule has 3 nitrogen and oxygen atoms in total. The highest BCUT2D eigenvalue weighted by atomic mass is 35.5. The number of phenolic OH excluding ortho intramolecular Hbond substituents is 1. The summed E-state index contributed by atoms with van der Waals surface area (Å²) in [6, 6.07) is 5.49. The van der Waals surface area contributed by atoms with Crippen molar-refractivity contribution >= 4 is 11.6 Å². The average Bonchev–Trinajstić information content (AvgIpc) is 2.20. The number of rotatable bonds is 5. The molecule has 0 saturated heterocycles. The van der Waals surface area contributed by atoms with Crippen LogP contribution in [0.15, 0.2) is 18.2 Å². The highest BCUT2D eigenvalue weighted by Gasteiger charge is 2.02. The van der Waals surface area contributed by atoms with Crippen LogP contribution in [0, 0.1) is 0 Å². The van der Waals surface area contributed by atoms with E-state index in [1.165, 1.54) is 0 Å². The molecule has 0 saturated carbocycles.